The van der Waals surface area contributed by atoms with Crippen LogP contribution in [0.5, 0.6) is 0 Å². The van der Waals surface area contributed by atoms with Gasteiger partial charge < -0.3 is 15.2 Å². The summed E-state index contributed by atoms with van der Waals surface area (Å²) in [5, 5.41) is 9.19. The SMILES string of the molecule is CC(C)NC(=O)N1CCC2(CCCn3nc(-c4cnc5[nH]cc(C(C)C)c5c4)cc32)C1. The molecule has 3 aromatic rings. The van der Waals surface area contributed by atoms with E-state index >= 15 is 0 Å². The first kappa shape index (κ1) is 20.1. The molecule has 1 unspecified atom stereocenters. The van der Waals surface area contributed by atoms with E-state index in [9.17, 15) is 4.79 Å². The lowest BCUT2D eigenvalue weighted by molar-refractivity contribution is 0.199. The van der Waals surface area contributed by atoms with Gasteiger partial charge in [-0.25, -0.2) is 9.78 Å². The molecule has 0 aromatic carbocycles. The third kappa shape index (κ3) is 3.40. The van der Waals surface area contributed by atoms with E-state index in [1.807, 2.05) is 24.9 Å². The van der Waals surface area contributed by atoms with Gasteiger partial charge in [-0.15, -0.1) is 0 Å². The van der Waals surface area contributed by atoms with Crippen molar-refractivity contribution in [3.05, 3.63) is 35.8 Å². The largest absolute Gasteiger partial charge is 0.346 e. The summed E-state index contributed by atoms with van der Waals surface area (Å²) in [6.45, 7) is 10.9. The van der Waals surface area contributed by atoms with Crippen LogP contribution in [0.15, 0.2) is 24.5 Å². The molecule has 1 atom stereocenters. The van der Waals surface area contributed by atoms with E-state index in [1.165, 1.54) is 16.6 Å². The maximum Gasteiger partial charge on any atom is 0.317 e. The zero-order valence-corrected chi connectivity index (χ0v) is 18.9. The second-order valence-corrected chi connectivity index (χ2v) is 9.82. The predicted octanol–water partition coefficient (Wildman–Crippen LogP) is 4.41. The van der Waals surface area contributed by atoms with Crippen molar-refractivity contribution in [1.29, 1.82) is 0 Å². The van der Waals surface area contributed by atoms with Crippen LogP contribution in [-0.2, 0) is 12.0 Å². The molecule has 0 saturated carbocycles. The van der Waals surface area contributed by atoms with Crippen LogP contribution in [0.3, 0.4) is 0 Å². The van der Waals surface area contributed by atoms with Crippen molar-refractivity contribution in [2.75, 3.05) is 13.1 Å². The Morgan fingerprint density at radius 1 is 1.19 bits per heavy atom. The number of aromatic nitrogens is 4. The summed E-state index contributed by atoms with van der Waals surface area (Å²) in [5.74, 6) is 0.436. The normalized spacial score (nSPS) is 20.9. The number of likely N-dealkylation sites (tertiary alicyclic amines) is 1. The molecule has 1 spiro atoms. The number of nitrogens with zero attached hydrogens (tertiary/aromatic N) is 4. The first-order valence-corrected chi connectivity index (χ1v) is 11.5. The molecule has 7 nitrogen and oxygen atoms in total. The Balaban J connectivity index is 1.48. The molecule has 2 aliphatic rings. The van der Waals surface area contributed by atoms with Gasteiger partial charge in [0, 0.05) is 60.1 Å². The summed E-state index contributed by atoms with van der Waals surface area (Å²) in [6, 6.07) is 4.66. The third-order valence-electron chi connectivity index (χ3n) is 6.88. The molecule has 5 heterocycles. The number of carbonyl (C=O) groups is 1. The molecule has 31 heavy (non-hydrogen) atoms. The smallest absolute Gasteiger partial charge is 0.317 e. The summed E-state index contributed by atoms with van der Waals surface area (Å²) in [4.78, 5) is 22.5. The van der Waals surface area contributed by atoms with Gasteiger partial charge in [-0.2, -0.15) is 5.10 Å². The van der Waals surface area contributed by atoms with Crippen LogP contribution < -0.4 is 5.32 Å². The van der Waals surface area contributed by atoms with Crippen molar-refractivity contribution in [2.24, 2.45) is 0 Å². The van der Waals surface area contributed by atoms with Crippen LogP contribution >= 0.6 is 0 Å². The Morgan fingerprint density at radius 3 is 2.81 bits per heavy atom. The number of pyridine rings is 1. The lowest BCUT2D eigenvalue weighted by Gasteiger charge is -2.34. The zero-order chi connectivity index (χ0) is 21.8. The number of hydrogen-bond acceptors (Lipinski definition) is 3. The number of H-pyrrole nitrogens is 1. The van der Waals surface area contributed by atoms with Gasteiger partial charge >= 0.3 is 6.03 Å². The average Bonchev–Trinajstić information content (AvgIpc) is 3.44. The monoisotopic (exact) mass is 420 g/mol. The van der Waals surface area contributed by atoms with Gasteiger partial charge in [0.1, 0.15) is 5.65 Å². The maximum atomic E-state index is 12.6. The highest BCUT2D eigenvalue weighted by atomic mass is 16.2. The fourth-order valence-electron chi connectivity index (χ4n) is 5.29. The lowest BCUT2D eigenvalue weighted by atomic mass is 9.77. The van der Waals surface area contributed by atoms with E-state index in [4.69, 9.17) is 5.10 Å². The number of carbonyl (C=O) groups excluding carboxylic acids is 1. The van der Waals surface area contributed by atoms with E-state index in [1.54, 1.807) is 0 Å². The minimum absolute atomic E-state index is 0.00648. The molecule has 2 amide bonds. The van der Waals surface area contributed by atoms with Crippen molar-refractivity contribution in [2.45, 2.75) is 70.9 Å². The average molecular weight is 421 g/mol. The first-order valence-electron chi connectivity index (χ1n) is 11.5. The molecular formula is C24H32N6O. The molecule has 1 fully saturated rings. The summed E-state index contributed by atoms with van der Waals surface area (Å²) >= 11 is 0. The number of fused-ring (bicyclic) bond motifs is 3. The van der Waals surface area contributed by atoms with Gasteiger partial charge in [-0.3, -0.25) is 4.68 Å². The highest BCUT2D eigenvalue weighted by Gasteiger charge is 2.45. The highest BCUT2D eigenvalue weighted by Crippen LogP contribution is 2.43. The van der Waals surface area contributed by atoms with Gasteiger partial charge in [0.25, 0.3) is 0 Å². The van der Waals surface area contributed by atoms with Crippen LogP contribution in [0.2, 0.25) is 0 Å². The molecule has 0 radical (unpaired) electrons. The Morgan fingerprint density at radius 2 is 2.03 bits per heavy atom. The highest BCUT2D eigenvalue weighted by molar-refractivity contribution is 5.84. The molecule has 7 heteroatoms. The molecule has 1 saturated heterocycles. The molecule has 0 bridgehead atoms. The first-order chi connectivity index (χ1) is 14.9. The Labute approximate surface area is 183 Å². The van der Waals surface area contributed by atoms with E-state index in [-0.39, 0.29) is 17.5 Å². The van der Waals surface area contributed by atoms with Crippen molar-refractivity contribution < 1.29 is 4.79 Å². The summed E-state index contributed by atoms with van der Waals surface area (Å²) in [5.41, 5.74) is 5.52. The summed E-state index contributed by atoms with van der Waals surface area (Å²) in [7, 11) is 0. The van der Waals surface area contributed by atoms with E-state index in [2.05, 4.69) is 52.1 Å². The van der Waals surface area contributed by atoms with E-state index in [0.29, 0.717) is 5.92 Å². The van der Waals surface area contributed by atoms with Crippen molar-refractivity contribution in [3.63, 3.8) is 0 Å². The van der Waals surface area contributed by atoms with Gasteiger partial charge in [0.2, 0.25) is 0 Å². The summed E-state index contributed by atoms with van der Waals surface area (Å²) in [6.07, 6.45) is 7.18. The Kier molecular flexibility index (Phi) is 4.79. The number of urea groups is 1. The number of hydrogen-bond donors (Lipinski definition) is 2. The fraction of sp³-hybridized carbons (Fsp3) is 0.542. The number of rotatable bonds is 3. The van der Waals surface area contributed by atoms with Crippen LogP contribution in [-0.4, -0.2) is 49.8 Å². The maximum absolute atomic E-state index is 12.6. The van der Waals surface area contributed by atoms with Crippen LogP contribution in [0.1, 0.15) is 64.1 Å². The second-order valence-electron chi connectivity index (χ2n) is 9.82. The zero-order valence-electron chi connectivity index (χ0n) is 18.9. The molecule has 3 aromatic heterocycles. The van der Waals surface area contributed by atoms with Gasteiger partial charge in [0.15, 0.2) is 0 Å². The standard InChI is InChI=1S/C24H32N6O/c1-15(2)19-13-26-22-18(19)10-17(12-25-22)20-11-21-24(6-5-8-30(21)28-20)7-9-29(14-24)23(31)27-16(3)4/h10-13,15-16H,5-9,14H2,1-4H3,(H,25,26)(H,27,31). The van der Waals surface area contributed by atoms with Crippen LogP contribution in [0.4, 0.5) is 4.79 Å². The molecule has 2 N–H and O–H groups in total. The van der Waals surface area contributed by atoms with E-state index in [0.717, 1.165) is 55.8 Å². The number of aromatic amines is 1. The quantitative estimate of drug-likeness (QED) is 0.659. The van der Waals surface area contributed by atoms with Crippen molar-refractivity contribution >= 4 is 17.1 Å². The molecule has 2 aliphatic heterocycles. The molecular weight excluding hydrogens is 388 g/mol. The Hall–Kier alpha value is -2.83. The number of aryl methyl sites for hydroxylation is 1. The minimum atomic E-state index is 0.00648. The number of nitrogens with one attached hydrogen (secondary N) is 2. The van der Waals surface area contributed by atoms with Crippen molar-refractivity contribution in [3.8, 4) is 11.3 Å². The van der Waals surface area contributed by atoms with E-state index < -0.39 is 0 Å². The molecule has 164 valence electrons. The Bertz CT molecular complexity index is 1130. The van der Waals surface area contributed by atoms with Gasteiger partial charge in [-0.05, 0) is 56.7 Å². The molecule has 0 aliphatic carbocycles. The minimum Gasteiger partial charge on any atom is -0.346 e. The molecule has 5 rings (SSSR count). The third-order valence-corrected chi connectivity index (χ3v) is 6.88. The van der Waals surface area contributed by atoms with Gasteiger partial charge in [0.05, 0.1) is 5.69 Å². The lowest BCUT2D eigenvalue weighted by Crippen LogP contribution is -2.44. The van der Waals surface area contributed by atoms with Crippen molar-refractivity contribution in [1.82, 2.24) is 30.0 Å². The van der Waals surface area contributed by atoms with Crippen LogP contribution in [0.25, 0.3) is 22.3 Å². The fourth-order valence-corrected chi connectivity index (χ4v) is 5.29. The summed E-state index contributed by atoms with van der Waals surface area (Å²) < 4.78 is 2.17. The topological polar surface area (TPSA) is 78.8 Å². The predicted molar refractivity (Wildman–Crippen MR) is 122 cm³/mol. The second kappa shape index (κ2) is 7.39. The van der Waals surface area contributed by atoms with Crippen LogP contribution in [0, 0.1) is 0 Å². The number of amides is 2. The van der Waals surface area contributed by atoms with Gasteiger partial charge in [-0.1, -0.05) is 13.8 Å².